The molecule has 0 heterocycles. The Kier molecular flexibility index (Phi) is 6.11. The SMILES string of the molecule is I[PH](C1CCCCC1)(C1CCCCC1)C1CCCCC1. The number of hydrogen-bond acceptors (Lipinski definition) is 0. The van der Waals surface area contributed by atoms with Crippen molar-refractivity contribution in [1.82, 2.24) is 0 Å². The van der Waals surface area contributed by atoms with Crippen molar-refractivity contribution in [2.45, 2.75) is 113 Å². The van der Waals surface area contributed by atoms with E-state index in [1.807, 2.05) is 0 Å². The molecular weight excluding hydrogens is 374 g/mol. The summed E-state index contributed by atoms with van der Waals surface area (Å²) in [6.45, 7) is 0. The third kappa shape index (κ3) is 3.39. The fourth-order valence-corrected chi connectivity index (χ4v) is 17.1. The van der Waals surface area contributed by atoms with Gasteiger partial charge in [0, 0.05) is 0 Å². The molecule has 0 aromatic carbocycles. The van der Waals surface area contributed by atoms with Gasteiger partial charge in [0.1, 0.15) is 0 Å². The van der Waals surface area contributed by atoms with E-state index in [0.29, 0.717) is 0 Å². The molecule has 0 aliphatic heterocycles. The third-order valence-corrected chi connectivity index (χ3v) is 20.1. The molecule has 0 spiro atoms. The van der Waals surface area contributed by atoms with Crippen molar-refractivity contribution in [2.24, 2.45) is 0 Å². The molecule has 118 valence electrons. The number of halogens is 1. The molecule has 0 bridgehead atoms. The first-order valence-electron chi connectivity index (χ1n) is 9.50. The van der Waals surface area contributed by atoms with Crippen LogP contribution in [-0.4, -0.2) is 17.0 Å². The molecule has 20 heavy (non-hydrogen) atoms. The summed E-state index contributed by atoms with van der Waals surface area (Å²) in [6.07, 6.45) is 23.6. The normalized spacial score (nSPS) is 29.4. The van der Waals surface area contributed by atoms with Crippen LogP contribution in [0.4, 0.5) is 0 Å². The molecule has 0 radical (unpaired) electrons. The Morgan fingerprint density at radius 2 is 0.700 bits per heavy atom. The summed E-state index contributed by atoms with van der Waals surface area (Å²) in [4.78, 5) is -1.08. The molecule has 3 aliphatic rings. The van der Waals surface area contributed by atoms with Crippen molar-refractivity contribution in [2.75, 3.05) is 0 Å². The van der Waals surface area contributed by atoms with Crippen molar-refractivity contribution >= 4 is 26.9 Å². The minimum atomic E-state index is -1.08. The van der Waals surface area contributed by atoms with Crippen molar-refractivity contribution < 1.29 is 0 Å². The molecule has 0 N–H and O–H groups in total. The fourth-order valence-electron chi connectivity index (χ4n) is 5.64. The summed E-state index contributed by atoms with van der Waals surface area (Å²) in [5.41, 5.74) is 3.59. The monoisotopic (exact) mass is 408 g/mol. The molecule has 2 heteroatoms. The van der Waals surface area contributed by atoms with Crippen LogP contribution in [0.2, 0.25) is 0 Å². The molecule has 3 aliphatic carbocycles. The molecule has 0 nitrogen and oxygen atoms in total. The zero-order valence-corrected chi connectivity index (χ0v) is 16.4. The Bertz CT molecular complexity index is 240. The fraction of sp³-hybridized carbons (Fsp3) is 1.00. The predicted octanol–water partition coefficient (Wildman–Crippen LogP) is 7.08. The van der Waals surface area contributed by atoms with Crippen molar-refractivity contribution in [3.63, 3.8) is 0 Å². The van der Waals surface area contributed by atoms with Gasteiger partial charge in [-0.05, 0) is 0 Å². The summed E-state index contributed by atoms with van der Waals surface area (Å²) < 4.78 is 0. The Labute approximate surface area is 140 Å². The van der Waals surface area contributed by atoms with Gasteiger partial charge < -0.3 is 0 Å². The molecule has 3 fully saturated rings. The zero-order valence-electron chi connectivity index (χ0n) is 13.2. The van der Waals surface area contributed by atoms with Crippen LogP contribution in [0.3, 0.4) is 0 Å². The summed E-state index contributed by atoms with van der Waals surface area (Å²) in [6, 6.07) is 0. The third-order valence-electron chi connectivity index (χ3n) is 6.69. The van der Waals surface area contributed by atoms with Gasteiger partial charge in [-0.3, -0.25) is 0 Å². The number of rotatable bonds is 3. The van der Waals surface area contributed by atoms with E-state index in [4.69, 9.17) is 0 Å². The van der Waals surface area contributed by atoms with Gasteiger partial charge in [-0.15, -0.1) is 0 Å². The standard InChI is InChI=1S/C18H34IP/c19-20(16-10-4-1-5-11-16,17-12-6-2-7-13-17)18-14-8-3-9-15-18/h16-18,20H,1-15H2. The summed E-state index contributed by atoms with van der Waals surface area (Å²) >= 11 is 3.17. The van der Waals surface area contributed by atoms with Gasteiger partial charge in [0.05, 0.1) is 0 Å². The van der Waals surface area contributed by atoms with Crippen molar-refractivity contribution in [3.8, 4) is 0 Å². The van der Waals surface area contributed by atoms with Crippen LogP contribution in [0.15, 0.2) is 0 Å². The van der Waals surface area contributed by atoms with E-state index in [-0.39, 0.29) is 0 Å². The maximum absolute atomic E-state index is 3.17. The van der Waals surface area contributed by atoms with Gasteiger partial charge in [-0.25, -0.2) is 0 Å². The summed E-state index contributed by atoms with van der Waals surface area (Å²) in [5, 5.41) is 0. The molecule has 0 atom stereocenters. The van der Waals surface area contributed by atoms with E-state index in [9.17, 15) is 0 Å². The van der Waals surface area contributed by atoms with Gasteiger partial charge in [-0.1, -0.05) is 0 Å². The van der Waals surface area contributed by atoms with Gasteiger partial charge in [-0.2, -0.15) is 0 Å². The summed E-state index contributed by atoms with van der Waals surface area (Å²) in [5.74, 6) is 0. The van der Waals surface area contributed by atoms with E-state index in [1.165, 1.54) is 36.2 Å². The van der Waals surface area contributed by atoms with E-state index in [1.54, 1.807) is 77.0 Å². The maximum atomic E-state index is 3.17. The average molecular weight is 408 g/mol. The Morgan fingerprint density at radius 3 is 0.950 bits per heavy atom. The number of hydrogen-bond donors (Lipinski definition) is 0. The first-order chi connectivity index (χ1) is 9.82. The van der Waals surface area contributed by atoms with E-state index in [2.05, 4.69) is 22.0 Å². The molecule has 0 unspecified atom stereocenters. The quantitative estimate of drug-likeness (QED) is 0.346. The van der Waals surface area contributed by atoms with Crippen LogP contribution in [0, 0.1) is 0 Å². The molecule has 0 amide bonds. The second-order valence-electron chi connectivity index (χ2n) is 7.83. The average Bonchev–Trinajstić information content (AvgIpc) is 2.56. The Morgan fingerprint density at radius 1 is 0.450 bits per heavy atom. The first kappa shape index (κ1) is 16.0. The van der Waals surface area contributed by atoms with Crippen molar-refractivity contribution in [3.05, 3.63) is 0 Å². The second kappa shape index (κ2) is 7.62. The molecule has 0 aromatic heterocycles. The van der Waals surface area contributed by atoms with E-state index < -0.39 is 4.90 Å². The molecule has 3 rings (SSSR count). The van der Waals surface area contributed by atoms with Crippen LogP contribution in [0.25, 0.3) is 0 Å². The van der Waals surface area contributed by atoms with Crippen LogP contribution in [-0.2, 0) is 0 Å². The zero-order chi connectivity index (χ0) is 13.8. The Hall–Kier alpha value is 1.16. The predicted molar refractivity (Wildman–Crippen MR) is 103 cm³/mol. The molecular formula is C18H34IP. The van der Waals surface area contributed by atoms with E-state index >= 15 is 0 Å². The molecule has 0 saturated heterocycles. The molecule has 0 aromatic rings. The van der Waals surface area contributed by atoms with Crippen molar-refractivity contribution in [1.29, 1.82) is 0 Å². The van der Waals surface area contributed by atoms with Gasteiger partial charge in [0.25, 0.3) is 0 Å². The molecule has 3 saturated carbocycles. The van der Waals surface area contributed by atoms with Crippen LogP contribution in [0.5, 0.6) is 0 Å². The van der Waals surface area contributed by atoms with Crippen LogP contribution < -0.4 is 0 Å². The summed E-state index contributed by atoms with van der Waals surface area (Å²) in [7, 11) is 0. The van der Waals surface area contributed by atoms with Gasteiger partial charge >= 0.3 is 140 Å². The Balaban J connectivity index is 1.79. The van der Waals surface area contributed by atoms with Crippen LogP contribution in [0.1, 0.15) is 96.3 Å². The topological polar surface area (TPSA) is 0 Å². The van der Waals surface area contributed by atoms with E-state index in [0.717, 1.165) is 0 Å². The van der Waals surface area contributed by atoms with Gasteiger partial charge in [0.15, 0.2) is 0 Å². The first-order valence-corrected chi connectivity index (χ1v) is 14.9. The minimum absolute atomic E-state index is 1.08. The van der Waals surface area contributed by atoms with Gasteiger partial charge in [0.2, 0.25) is 0 Å². The van der Waals surface area contributed by atoms with Crippen LogP contribution >= 0.6 is 26.9 Å². The second-order valence-corrected chi connectivity index (χ2v) is 17.5.